The predicted octanol–water partition coefficient (Wildman–Crippen LogP) is 5.01. The van der Waals surface area contributed by atoms with E-state index in [0.29, 0.717) is 5.92 Å². The lowest BCUT2D eigenvalue weighted by molar-refractivity contribution is 0.630. The number of hydrogen-bond donors (Lipinski definition) is 1. The largest absolute Gasteiger partial charge is 0.315 e. The number of aromatic nitrogens is 1. The summed E-state index contributed by atoms with van der Waals surface area (Å²) in [6.45, 7) is 5.37. The second-order valence-corrected chi connectivity index (χ2v) is 7.92. The number of benzene rings is 1. The Morgan fingerprint density at radius 1 is 1.33 bits per heavy atom. The average Bonchev–Trinajstić information content (AvgIpc) is 2.80. The Hall–Kier alpha value is -0.550. The minimum absolute atomic E-state index is 0.631. The maximum Gasteiger partial charge on any atom is 0.103 e. The van der Waals surface area contributed by atoms with Gasteiger partial charge in [0.05, 0.1) is 16.5 Å². The van der Waals surface area contributed by atoms with Crippen LogP contribution in [-0.4, -0.2) is 12.0 Å². The van der Waals surface area contributed by atoms with E-state index in [1.54, 1.807) is 11.8 Å². The van der Waals surface area contributed by atoms with Crippen molar-refractivity contribution in [3.05, 3.63) is 44.9 Å². The van der Waals surface area contributed by atoms with E-state index in [0.717, 1.165) is 28.6 Å². The first-order valence-corrected chi connectivity index (χ1v) is 9.27. The molecule has 0 atom stereocenters. The summed E-state index contributed by atoms with van der Waals surface area (Å²) >= 11 is 9.77. The summed E-state index contributed by atoms with van der Waals surface area (Å²) < 4.78 is 0. The minimum atomic E-state index is 0.631. The first kappa shape index (κ1) is 16.8. The SMILES string of the molecule is CNCc1sc(CSc2ccccc2Cl)nc1CC(C)C. The first-order valence-electron chi connectivity index (χ1n) is 7.09. The molecule has 0 bridgehead atoms. The second-order valence-electron chi connectivity index (χ2n) is 5.32. The van der Waals surface area contributed by atoms with Gasteiger partial charge in [-0.05, 0) is 31.5 Å². The lowest BCUT2D eigenvalue weighted by Crippen LogP contribution is -2.07. The van der Waals surface area contributed by atoms with Crippen LogP contribution < -0.4 is 5.32 Å². The first-order chi connectivity index (χ1) is 10.1. The summed E-state index contributed by atoms with van der Waals surface area (Å²) in [5.74, 6) is 1.51. The fourth-order valence-electron chi connectivity index (χ4n) is 2.04. The van der Waals surface area contributed by atoms with Crippen molar-refractivity contribution in [2.75, 3.05) is 7.05 Å². The predicted molar refractivity (Wildman–Crippen MR) is 94.4 cm³/mol. The van der Waals surface area contributed by atoms with Crippen molar-refractivity contribution >= 4 is 34.7 Å². The molecule has 2 rings (SSSR count). The van der Waals surface area contributed by atoms with Crippen molar-refractivity contribution < 1.29 is 0 Å². The Kier molecular flexibility index (Phi) is 6.55. The molecule has 0 amide bonds. The maximum absolute atomic E-state index is 6.20. The Bertz CT molecular complexity index is 581. The third kappa shape index (κ3) is 4.99. The lowest BCUT2D eigenvalue weighted by Gasteiger charge is -2.04. The van der Waals surface area contributed by atoms with E-state index in [2.05, 4.69) is 25.2 Å². The third-order valence-corrected chi connectivity index (χ3v) is 5.76. The molecule has 2 aromatic rings. The summed E-state index contributed by atoms with van der Waals surface area (Å²) in [4.78, 5) is 7.31. The number of rotatable bonds is 7. The lowest BCUT2D eigenvalue weighted by atomic mass is 10.1. The van der Waals surface area contributed by atoms with Gasteiger partial charge < -0.3 is 5.32 Å². The molecule has 1 aromatic heterocycles. The molecular formula is C16H21ClN2S2. The minimum Gasteiger partial charge on any atom is -0.315 e. The maximum atomic E-state index is 6.20. The van der Waals surface area contributed by atoms with Crippen molar-refractivity contribution in [2.45, 2.75) is 37.5 Å². The number of thioether (sulfide) groups is 1. The van der Waals surface area contributed by atoms with E-state index >= 15 is 0 Å². The molecule has 0 aliphatic carbocycles. The summed E-state index contributed by atoms with van der Waals surface area (Å²) in [6, 6.07) is 7.97. The van der Waals surface area contributed by atoms with Gasteiger partial charge in [0.1, 0.15) is 5.01 Å². The van der Waals surface area contributed by atoms with Gasteiger partial charge in [0.25, 0.3) is 0 Å². The van der Waals surface area contributed by atoms with E-state index in [-0.39, 0.29) is 0 Å². The quantitative estimate of drug-likeness (QED) is 0.717. The van der Waals surface area contributed by atoms with Crippen LogP contribution in [0.2, 0.25) is 5.02 Å². The van der Waals surface area contributed by atoms with Gasteiger partial charge in [-0.2, -0.15) is 0 Å². The van der Waals surface area contributed by atoms with Gasteiger partial charge in [0, 0.05) is 16.3 Å². The van der Waals surface area contributed by atoms with Crippen LogP contribution in [0.3, 0.4) is 0 Å². The van der Waals surface area contributed by atoms with Crippen molar-refractivity contribution in [2.24, 2.45) is 5.92 Å². The number of thiazole rings is 1. The van der Waals surface area contributed by atoms with Crippen LogP contribution in [0.15, 0.2) is 29.2 Å². The van der Waals surface area contributed by atoms with E-state index in [4.69, 9.17) is 16.6 Å². The molecule has 5 heteroatoms. The molecule has 0 aliphatic rings. The van der Waals surface area contributed by atoms with E-state index < -0.39 is 0 Å². The molecule has 0 spiro atoms. The van der Waals surface area contributed by atoms with E-state index in [9.17, 15) is 0 Å². The molecule has 0 saturated carbocycles. The highest BCUT2D eigenvalue weighted by atomic mass is 35.5. The Labute approximate surface area is 140 Å². The Morgan fingerprint density at radius 3 is 2.76 bits per heavy atom. The van der Waals surface area contributed by atoms with Crippen LogP contribution in [0, 0.1) is 5.92 Å². The van der Waals surface area contributed by atoms with Crippen molar-refractivity contribution in [3.63, 3.8) is 0 Å². The number of hydrogen-bond acceptors (Lipinski definition) is 4. The molecule has 21 heavy (non-hydrogen) atoms. The molecule has 0 unspecified atom stereocenters. The number of nitrogens with zero attached hydrogens (tertiary/aromatic N) is 1. The molecule has 1 N–H and O–H groups in total. The third-order valence-electron chi connectivity index (χ3n) is 2.95. The molecule has 0 saturated heterocycles. The van der Waals surface area contributed by atoms with E-state index in [1.165, 1.54) is 15.6 Å². The average molecular weight is 341 g/mol. The second kappa shape index (κ2) is 8.18. The highest BCUT2D eigenvalue weighted by molar-refractivity contribution is 7.98. The monoisotopic (exact) mass is 340 g/mol. The van der Waals surface area contributed by atoms with Crippen LogP contribution >= 0.6 is 34.7 Å². The van der Waals surface area contributed by atoms with Crippen LogP contribution in [0.1, 0.15) is 29.4 Å². The molecule has 1 heterocycles. The van der Waals surface area contributed by atoms with Crippen molar-refractivity contribution in [1.29, 1.82) is 0 Å². The number of nitrogens with one attached hydrogen (secondary N) is 1. The molecular weight excluding hydrogens is 320 g/mol. The molecule has 114 valence electrons. The molecule has 0 radical (unpaired) electrons. The molecule has 0 aliphatic heterocycles. The highest BCUT2D eigenvalue weighted by Crippen LogP contribution is 2.31. The smallest absolute Gasteiger partial charge is 0.103 e. The fourth-order valence-corrected chi connectivity index (χ4v) is 4.38. The molecule has 2 nitrogen and oxygen atoms in total. The fraction of sp³-hybridized carbons (Fsp3) is 0.438. The zero-order chi connectivity index (χ0) is 15.2. The zero-order valence-corrected chi connectivity index (χ0v) is 15.0. The summed E-state index contributed by atoms with van der Waals surface area (Å²) in [5.41, 5.74) is 1.25. The van der Waals surface area contributed by atoms with Crippen molar-refractivity contribution in [3.8, 4) is 0 Å². The van der Waals surface area contributed by atoms with Crippen LogP contribution in [0.4, 0.5) is 0 Å². The standard InChI is InChI=1S/C16H21ClN2S2/c1-11(2)8-13-15(9-18-3)21-16(19-13)10-20-14-7-5-4-6-12(14)17/h4-7,11,18H,8-10H2,1-3H3. The van der Waals surface area contributed by atoms with Crippen LogP contribution in [0.25, 0.3) is 0 Å². The molecule has 1 aromatic carbocycles. The summed E-state index contributed by atoms with van der Waals surface area (Å²) in [7, 11) is 1.98. The van der Waals surface area contributed by atoms with E-state index in [1.807, 2.05) is 36.6 Å². The van der Waals surface area contributed by atoms with Gasteiger partial charge in [-0.1, -0.05) is 37.6 Å². The zero-order valence-electron chi connectivity index (χ0n) is 12.6. The van der Waals surface area contributed by atoms with Crippen LogP contribution in [0.5, 0.6) is 0 Å². The van der Waals surface area contributed by atoms with Gasteiger partial charge in [0.15, 0.2) is 0 Å². The topological polar surface area (TPSA) is 24.9 Å². The summed E-state index contributed by atoms with van der Waals surface area (Å²) in [5, 5.41) is 5.23. The van der Waals surface area contributed by atoms with Crippen LogP contribution in [-0.2, 0) is 18.7 Å². The number of halogens is 1. The summed E-state index contributed by atoms with van der Waals surface area (Å²) in [6.07, 6.45) is 1.05. The van der Waals surface area contributed by atoms with Gasteiger partial charge in [-0.3, -0.25) is 0 Å². The molecule has 0 fully saturated rings. The Morgan fingerprint density at radius 2 is 2.10 bits per heavy atom. The highest BCUT2D eigenvalue weighted by Gasteiger charge is 2.12. The van der Waals surface area contributed by atoms with Crippen molar-refractivity contribution in [1.82, 2.24) is 10.3 Å². The van der Waals surface area contributed by atoms with Gasteiger partial charge in [-0.25, -0.2) is 4.98 Å². The Balaban J connectivity index is 2.08. The van der Waals surface area contributed by atoms with Gasteiger partial charge in [-0.15, -0.1) is 23.1 Å². The van der Waals surface area contributed by atoms with Gasteiger partial charge in [0.2, 0.25) is 0 Å². The normalized spacial score (nSPS) is 11.3. The van der Waals surface area contributed by atoms with Gasteiger partial charge >= 0.3 is 0 Å².